The van der Waals surface area contributed by atoms with Crippen LogP contribution in [0.2, 0.25) is 0 Å². The van der Waals surface area contributed by atoms with Gasteiger partial charge in [0.05, 0.1) is 16.6 Å². The zero-order valence-corrected chi connectivity index (χ0v) is 19.7. The fourth-order valence-electron chi connectivity index (χ4n) is 4.15. The Morgan fingerprint density at radius 2 is 2.00 bits per heavy atom. The SMILES string of the molecule is Cc1c(NC(=O)[C@H](C)Sc2ncnc3sc4c(c23)CCC4)c(=O)n(-c2ccccc2)n1C. The van der Waals surface area contributed by atoms with E-state index in [0.717, 1.165) is 40.2 Å². The van der Waals surface area contributed by atoms with Gasteiger partial charge in [0, 0.05) is 17.3 Å². The van der Waals surface area contributed by atoms with E-state index in [1.807, 2.05) is 51.2 Å². The first-order valence-corrected chi connectivity index (χ1v) is 12.2. The first-order valence-electron chi connectivity index (χ1n) is 10.5. The minimum Gasteiger partial charge on any atom is -0.319 e. The number of hydrogen-bond acceptors (Lipinski definition) is 6. The zero-order valence-electron chi connectivity index (χ0n) is 18.1. The van der Waals surface area contributed by atoms with Crippen LogP contribution in [-0.4, -0.2) is 30.5 Å². The van der Waals surface area contributed by atoms with E-state index in [2.05, 4.69) is 15.3 Å². The summed E-state index contributed by atoms with van der Waals surface area (Å²) in [6.07, 6.45) is 4.87. The molecule has 3 aromatic heterocycles. The third-order valence-electron chi connectivity index (χ3n) is 5.93. The number of amides is 1. The number of benzene rings is 1. The Hall–Kier alpha value is -2.91. The molecule has 4 aromatic rings. The number of hydrogen-bond donors (Lipinski definition) is 1. The van der Waals surface area contributed by atoms with Gasteiger partial charge in [-0.05, 0) is 50.8 Å². The largest absolute Gasteiger partial charge is 0.319 e. The van der Waals surface area contributed by atoms with Crippen molar-refractivity contribution in [3.63, 3.8) is 0 Å². The normalized spacial score (nSPS) is 14.0. The molecule has 0 bridgehead atoms. The number of carbonyl (C=O) groups is 1. The second kappa shape index (κ2) is 8.22. The van der Waals surface area contributed by atoms with E-state index in [1.54, 1.807) is 27.0 Å². The van der Waals surface area contributed by atoms with Crippen LogP contribution in [0.25, 0.3) is 15.9 Å². The number of nitrogens with one attached hydrogen (secondary N) is 1. The van der Waals surface area contributed by atoms with Gasteiger partial charge in [0.1, 0.15) is 21.9 Å². The Labute approximate surface area is 193 Å². The highest BCUT2D eigenvalue weighted by Gasteiger charge is 2.25. The maximum absolute atomic E-state index is 13.1. The molecule has 0 aliphatic heterocycles. The van der Waals surface area contributed by atoms with Crippen molar-refractivity contribution in [2.24, 2.45) is 7.05 Å². The summed E-state index contributed by atoms with van der Waals surface area (Å²) >= 11 is 3.15. The van der Waals surface area contributed by atoms with Gasteiger partial charge in [0.15, 0.2) is 0 Å². The molecule has 1 amide bonds. The molecule has 32 heavy (non-hydrogen) atoms. The number of thiophene rings is 1. The predicted octanol–water partition coefficient (Wildman–Crippen LogP) is 4.10. The molecule has 0 saturated carbocycles. The van der Waals surface area contributed by atoms with Crippen molar-refractivity contribution in [3.8, 4) is 5.69 Å². The summed E-state index contributed by atoms with van der Waals surface area (Å²) in [4.78, 5) is 37.5. The Bertz CT molecular complexity index is 1390. The van der Waals surface area contributed by atoms with E-state index in [9.17, 15) is 9.59 Å². The maximum atomic E-state index is 13.1. The van der Waals surface area contributed by atoms with Gasteiger partial charge < -0.3 is 5.32 Å². The number of rotatable bonds is 5. The molecule has 0 saturated heterocycles. The van der Waals surface area contributed by atoms with E-state index in [-0.39, 0.29) is 11.5 Å². The van der Waals surface area contributed by atoms with E-state index < -0.39 is 5.25 Å². The van der Waals surface area contributed by atoms with Crippen molar-refractivity contribution in [2.45, 2.75) is 43.4 Å². The number of nitrogens with zero attached hydrogens (tertiary/aromatic N) is 4. The van der Waals surface area contributed by atoms with Gasteiger partial charge in [0.25, 0.3) is 5.56 Å². The van der Waals surface area contributed by atoms with Crippen molar-refractivity contribution in [3.05, 3.63) is 63.1 Å². The summed E-state index contributed by atoms with van der Waals surface area (Å²) in [5, 5.41) is 4.38. The molecule has 0 fully saturated rings. The van der Waals surface area contributed by atoms with Crippen LogP contribution in [0.4, 0.5) is 5.69 Å². The summed E-state index contributed by atoms with van der Waals surface area (Å²) in [7, 11) is 1.81. The third-order valence-corrected chi connectivity index (χ3v) is 8.23. The highest BCUT2D eigenvalue weighted by Crippen LogP contribution is 2.40. The summed E-state index contributed by atoms with van der Waals surface area (Å²) in [6.45, 7) is 3.67. The lowest BCUT2D eigenvalue weighted by Crippen LogP contribution is -2.27. The number of aryl methyl sites for hydroxylation is 2. The van der Waals surface area contributed by atoms with Crippen LogP contribution in [0, 0.1) is 6.92 Å². The molecule has 164 valence electrons. The molecule has 9 heteroatoms. The highest BCUT2D eigenvalue weighted by molar-refractivity contribution is 8.00. The second-order valence-corrected chi connectivity index (χ2v) is 10.3. The molecule has 5 rings (SSSR count). The minimum atomic E-state index is -0.422. The lowest BCUT2D eigenvalue weighted by atomic mass is 10.2. The lowest BCUT2D eigenvalue weighted by Gasteiger charge is -2.12. The van der Waals surface area contributed by atoms with Crippen LogP contribution in [0.3, 0.4) is 0 Å². The fraction of sp³-hybridized carbons (Fsp3) is 0.304. The molecule has 1 N–H and O–H groups in total. The Morgan fingerprint density at radius 3 is 2.78 bits per heavy atom. The molecular weight excluding hydrogens is 442 g/mol. The van der Waals surface area contributed by atoms with Gasteiger partial charge in [-0.3, -0.25) is 14.3 Å². The van der Waals surface area contributed by atoms with Gasteiger partial charge in [-0.15, -0.1) is 11.3 Å². The molecule has 7 nitrogen and oxygen atoms in total. The number of aromatic nitrogens is 4. The van der Waals surface area contributed by atoms with Crippen LogP contribution in [-0.2, 0) is 24.7 Å². The smallest absolute Gasteiger partial charge is 0.295 e. The molecule has 3 heterocycles. The van der Waals surface area contributed by atoms with E-state index in [0.29, 0.717) is 11.4 Å². The number of para-hydroxylation sites is 1. The average molecular weight is 466 g/mol. The van der Waals surface area contributed by atoms with E-state index in [4.69, 9.17) is 0 Å². The summed E-state index contributed by atoms with van der Waals surface area (Å²) < 4.78 is 3.32. The van der Waals surface area contributed by atoms with Crippen LogP contribution in [0.1, 0.15) is 29.5 Å². The molecular formula is C23H23N5O2S2. The third kappa shape index (κ3) is 3.45. The molecule has 0 unspecified atom stereocenters. The molecule has 1 aromatic carbocycles. The van der Waals surface area contributed by atoms with Gasteiger partial charge in [-0.2, -0.15) is 0 Å². The highest BCUT2D eigenvalue weighted by atomic mass is 32.2. The molecule has 1 aliphatic rings. The zero-order chi connectivity index (χ0) is 22.4. The number of thioether (sulfide) groups is 1. The van der Waals surface area contributed by atoms with Crippen molar-refractivity contribution >= 4 is 44.9 Å². The van der Waals surface area contributed by atoms with Gasteiger partial charge in [-0.1, -0.05) is 30.0 Å². The molecule has 1 aliphatic carbocycles. The lowest BCUT2D eigenvalue weighted by molar-refractivity contribution is -0.115. The number of carbonyl (C=O) groups excluding carboxylic acids is 1. The van der Waals surface area contributed by atoms with Crippen LogP contribution >= 0.6 is 23.1 Å². The van der Waals surface area contributed by atoms with Crippen LogP contribution in [0.5, 0.6) is 0 Å². The molecule has 0 spiro atoms. The van der Waals surface area contributed by atoms with E-state index >= 15 is 0 Å². The topological polar surface area (TPSA) is 81.8 Å². The average Bonchev–Trinajstić information content (AvgIpc) is 3.43. The first-order chi connectivity index (χ1) is 15.5. The Kier molecular flexibility index (Phi) is 5.38. The minimum absolute atomic E-state index is 0.223. The first kappa shape index (κ1) is 21.0. The fourth-order valence-corrected chi connectivity index (χ4v) is 6.39. The summed E-state index contributed by atoms with van der Waals surface area (Å²) in [5.74, 6) is -0.223. The Morgan fingerprint density at radius 1 is 1.22 bits per heavy atom. The molecule has 0 radical (unpaired) electrons. The van der Waals surface area contributed by atoms with E-state index in [1.165, 1.54) is 22.2 Å². The van der Waals surface area contributed by atoms with Crippen molar-refractivity contribution in [2.75, 3.05) is 5.32 Å². The summed E-state index contributed by atoms with van der Waals surface area (Å²) in [6, 6.07) is 9.39. The number of anilines is 1. The van der Waals surface area contributed by atoms with Crippen LogP contribution < -0.4 is 10.9 Å². The quantitative estimate of drug-likeness (QED) is 0.355. The standard InChI is InChI=1S/C23H23N5O2S2/c1-13-19(23(30)28(27(13)3)15-8-5-4-6-9-15)26-20(29)14(2)31-21-18-16-10-7-11-17(16)32-22(18)25-12-24-21/h4-6,8-9,12,14H,7,10-11H2,1-3H3,(H,26,29)/t14-/m0/s1. The van der Waals surface area contributed by atoms with Gasteiger partial charge >= 0.3 is 0 Å². The van der Waals surface area contributed by atoms with Crippen molar-refractivity contribution < 1.29 is 4.79 Å². The molecule has 1 atom stereocenters. The summed E-state index contributed by atoms with van der Waals surface area (Å²) in [5.41, 5.74) is 2.84. The van der Waals surface area contributed by atoms with Gasteiger partial charge in [0.2, 0.25) is 5.91 Å². The van der Waals surface area contributed by atoms with Crippen molar-refractivity contribution in [1.82, 2.24) is 19.3 Å². The van der Waals surface area contributed by atoms with Crippen molar-refractivity contribution in [1.29, 1.82) is 0 Å². The Balaban J connectivity index is 1.41. The predicted molar refractivity (Wildman–Crippen MR) is 129 cm³/mol. The second-order valence-electron chi connectivity index (χ2n) is 7.90. The monoisotopic (exact) mass is 465 g/mol. The maximum Gasteiger partial charge on any atom is 0.295 e. The van der Waals surface area contributed by atoms with Gasteiger partial charge in [-0.25, -0.2) is 14.6 Å². The number of fused-ring (bicyclic) bond motifs is 3. The van der Waals surface area contributed by atoms with Crippen LogP contribution in [0.15, 0.2) is 46.5 Å².